The number of carbonyl (C=O) groups excluding carboxylic acids is 1. The minimum atomic E-state index is -0.271. The van der Waals surface area contributed by atoms with Crippen LogP contribution in [0.4, 0.5) is 4.79 Å². The Morgan fingerprint density at radius 2 is 2.23 bits per heavy atom. The van der Waals surface area contributed by atoms with Gasteiger partial charge < -0.3 is 24.5 Å². The van der Waals surface area contributed by atoms with E-state index < -0.39 is 0 Å². The third-order valence-corrected chi connectivity index (χ3v) is 3.70. The molecule has 1 aromatic heterocycles. The average molecular weight is 306 g/mol. The van der Waals surface area contributed by atoms with Gasteiger partial charge in [0.15, 0.2) is 0 Å². The van der Waals surface area contributed by atoms with Gasteiger partial charge in [0.05, 0.1) is 19.8 Å². The van der Waals surface area contributed by atoms with Crippen LogP contribution in [0, 0.1) is 6.92 Å². The number of urea groups is 1. The number of hydrogen-bond donors (Lipinski definition) is 2. The van der Waals surface area contributed by atoms with Crippen LogP contribution in [0.5, 0.6) is 5.75 Å². The Kier molecular flexibility index (Phi) is 4.92. The Labute approximate surface area is 129 Å². The second kappa shape index (κ2) is 6.70. The fraction of sp³-hybridized carbons (Fsp3) is 0.438. The lowest BCUT2D eigenvalue weighted by atomic mass is 10.1. The second-order valence-corrected chi connectivity index (χ2v) is 5.27. The topological polar surface area (TPSA) is 74.9 Å². The van der Waals surface area contributed by atoms with E-state index in [1.807, 2.05) is 32.0 Å². The summed E-state index contributed by atoms with van der Waals surface area (Å²) in [4.78, 5) is 13.4. The largest absolute Gasteiger partial charge is 0.497 e. The Hall–Kier alpha value is -2.21. The Bertz CT molecular complexity index is 665. The number of aryl methyl sites for hydroxylation is 1. The molecule has 0 aliphatic heterocycles. The maximum Gasteiger partial charge on any atom is 0.317 e. The molecule has 6 nitrogen and oxygen atoms in total. The molecule has 1 aromatic carbocycles. The number of furan rings is 1. The molecule has 6 heteroatoms. The Morgan fingerprint density at radius 3 is 2.86 bits per heavy atom. The van der Waals surface area contributed by atoms with Crippen molar-refractivity contribution in [3.05, 3.63) is 29.5 Å². The first-order valence-corrected chi connectivity index (χ1v) is 7.17. The summed E-state index contributed by atoms with van der Waals surface area (Å²) in [6.07, 6.45) is 0. The van der Waals surface area contributed by atoms with Crippen molar-refractivity contribution in [2.45, 2.75) is 19.9 Å². The second-order valence-electron chi connectivity index (χ2n) is 5.27. The van der Waals surface area contributed by atoms with Crippen molar-refractivity contribution in [1.82, 2.24) is 10.2 Å². The number of fused-ring (bicyclic) bond motifs is 1. The number of carbonyl (C=O) groups is 1. The van der Waals surface area contributed by atoms with Crippen LogP contribution in [-0.2, 0) is 0 Å². The first-order chi connectivity index (χ1) is 10.5. The highest BCUT2D eigenvalue weighted by Gasteiger charge is 2.20. The Balaban J connectivity index is 2.23. The van der Waals surface area contributed by atoms with Crippen LogP contribution in [0.3, 0.4) is 0 Å². The van der Waals surface area contributed by atoms with E-state index in [1.54, 1.807) is 14.2 Å². The van der Waals surface area contributed by atoms with Gasteiger partial charge in [0.25, 0.3) is 0 Å². The zero-order valence-corrected chi connectivity index (χ0v) is 13.3. The van der Waals surface area contributed by atoms with Crippen molar-refractivity contribution in [2.75, 3.05) is 27.3 Å². The van der Waals surface area contributed by atoms with Gasteiger partial charge in [-0.25, -0.2) is 4.79 Å². The molecule has 2 N–H and O–H groups in total. The number of ether oxygens (including phenoxy) is 1. The minimum absolute atomic E-state index is 0.0677. The molecular weight excluding hydrogens is 284 g/mol. The van der Waals surface area contributed by atoms with Crippen molar-refractivity contribution in [3.8, 4) is 5.75 Å². The number of aliphatic hydroxyl groups is 1. The van der Waals surface area contributed by atoms with Gasteiger partial charge in [0, 0.05) is 24.5 Å². The molecule has 0 fully saturated rings. The number of hydrogen-bond acceptors (Lipinski definition) is 4. The zero-order chi connectivity index (χ0) is 16.3. The monoisotopic (exact) mass is 306 g/mol. The van der Waals surface area contributed by atoms with Gasteiger partial charge >= 0.3 is 6.03 Å². The quantitative estimate of drug-likeness (QED) is 0.889. The molecule has 1 unspecified atom stereocenters. The molecule has 0 aliphatic carbocycles. The molecule has 0 bridgehead atoms. The molecule has 0 spiro atoms. The van der Waals surface area contributed by atoms with E-state index in [0.29, 0.717) is 5.76 Å². The molecule has 2 aromatic rings. The van der Waals surface area contributed by atoms with Crippen molar-refractivity contribution < 1.29 is 19.1 Å². The highest BCUT2D eigenvalue weighted by molar-refractivity contribution is 5.84. The van der Waals surface area contributed by atoms with E-state index in [2.05, 4.69) is 5.32 Å². The standard InChI is InChI=1S/C16H22N2O4/c1-10-13-9-12(21-4)5-6-14(13)22-15(10)11(2)17-16(20)18(3)7-8-19/h5-6,9,11,19H,7-8H2,1-4H3,(H,17,20). The van der Waals surface area contributed by atoms with Crippen LogP contribution < -0.4 is 10.1 Å². The lowest BCUT2D eigenvalue weighted by Crippen LogP contribution is -2.39. The molecular formula is C16H22N2O4. The number of nitrogens with one attached hydrogen (secondary N) is 1. The summed E-state index contributed by atoms with van der Waals surface area (Å²) < 4.78 is 11.1. The number of rotatable bonds is 5. The molecule has 0 saturated heterocycles. The predicted molar refractivity (Wildman–Crippen MR) is 84.2 cm³/mol. The van der Waals surface area contributed by atoms with E-state index in [9.17, 15) is 4.79 Å². The lowest BCUT2D eigenvalue weighted by molar-refractivity contribution is 0.186. The predicted octanol–water partition coefficient (Wildman–Crippen LogP) is 2.44. The third kappa shape index (κ3) is 3.17. The Morgan fingerprint density at radius 1 is 1.50 bits per heavy atom. The van der Waals surface area contributed by atoms with Gasteiger partial charge in [-0.3, -0.25) is 0 Å². The van der Waals surface area contributed by atoms with Gasteiger partial charge in [-0.2, -0.15) is 0 Å². The molecule has 0 aliphatic rings. The van der Waals surface area contributed by atoms with Crippen LogP contribution in [0.25, 0.3) is 11.0 Å². The summed E-state index contributed by atoms with van der Waals surface area (Å²) in [6.45, 7) is 4.05. The van der Waals surface area contributed by atoms with E-state index in [-0.39, 0.29) is 25.2 Å². The fourth-order valence-corrected chi connectivity index (χ4v) is 2.37. The van der Waals surface area contributed by atoms with Crippen LogP contribution in [0.15, 0.2) is 22.6 Å². The van der Waals surface area contributed by atoms with Crippen molar-refractivity contribution >= 4 is 17.0 Å². The summed E-state index contributed by atoms with van der Waals surface area (Å²) in [5, 5.41) is 12.7. The average Bonchev–Trinajstić information content (AvgIpc) is 2.84. The molecule has 2 rings (SSSR count). The summed E-state index contributed by atoms with van der Waals surface area (Å²) >= 11 is 0. The number of likely N-dealkylation sites (N-methyl/N-ethyl adjacent to an activating group) is 1. The summed E-state index contributed by atoms with van der Waals surface area (Å²) in [5.74, 6) is 1.48. The minimum Gasteiger partial charge on any atom is -0.497 e. The van der Waals surface area contributed by atoms with Crippen LogP contribution in [-0.4, -0.2) is 43.3 Å². The molecule has 120 valence electrons. The molecule has 0 radical (unpaired) electrons. The van der Waals surface area contributed by atoms with Crippen molar-refractivity contribution in [3.63, 3.8) is 0 Å². The summed E-state index contributed by atoms with van der Waals surface area (Å²) in [6, 6.07) is 5.10. The maximum atomic E-state index is 12.0. The van der Waals surface area contributed by atoms with E-state index in [0.717, 1.165) is 22.3 Å². The number of aliphatic hydroxyl groups excluding tert-OH is 1. The van der Waals surface area contributed by atoms with Crippen molar-refractivity contribution in [2.24, 2.45) is 0 Å². The number of amides is 2. The van der Waals surface area contributed by atoms with Gasteiger partial charge in [0.2, 0.25) is 0 Å². The van der Waals surface area contributed by atoms with Gasteiger partial charge in [-0.15, -0.1) is 0 Å². The van der Waals surface area contributed by atoms with Gasteiger partial charge in [0.1, 0.15) is 17.1 Å². The molecule has 1 heterocycles. The van der Waals surface area contributed by atoms with E-state index in [1.165, 1.54) is 4.90 Å². The van der Waals surface area contributed by atoms with Crippen LogP contribution in [0.1, 0.15) is 24.3 Å². The zero-order valence-electron chi connectivity index (χ0n) is 13.3. The maximum absolute atomic E-state index is 12.0. The SMILES string of the molecule is COc1ccc2oc(C(C)NC(=O)N(C)CCO)c(C)c2c1. The normalized spacial score (nSPS) is 12.2. The number of nitrogens with zero attached hydrogens (tertiary/aromatic N) is 1. The smallest absolute Gasteiger partial charge is 0.317 e. The van der Waals surface area contributed by atoms with Gasteiger partial charge in [-0.1, -0.05) is 0 Å². The fourth-order valence-electron chi connectivity index (χ4n) is 2.37. The third-order valence-electron chi connectivity index (χ3n) is 3.70. The molecule has 0 saturated carbocycles. The van der Waals surface area contributed by atoms with Crippen LogP contribution in [0.2, 0.25) is 0 Å². The lowest BCUT2D eigenvalue weighted by Gasteiger charge is -2.19. The highest BCUT2D eigenvalue weighted by Crippen LogP contribution is 2.31. The van der Waals surface area contributed by atoms with Crippen LogP contribution >= 0.6 is 0 Å². The first kappa shape index (κ1) is 16.2. The van der Waals surface area contributed by atoms with E-state index >= 15 is 0 Å². The number of methoxy groups -OCH3 is 1. The first-order valence-electron chi connectivity index (χ1n) is 7.17. The molecule has 2 amide bonds. The summed E-state index contributed by atoms with van der Waals surface area (Å²) in [5.41, 5.74) is 1.74. The number of benzene rings is 1. The highest BCUT2D eigenvalue weighted by atomic mass is 16.5. The molecule has 1 atom stereocenters. The van der Waals surface area contributed by atoms with Crippen molar-refractivity contribution in [1.29, 1.82) is 0 Å². The van der Waals surface area contributed by atoms with Gasteiger partial charge in [-0.05, 0) is 32.0 Å². The van der Waals surface area contributed by atoms with E-state index in [4.69, 9.17) is 14.3 Å². The summed E-state index contributed by atoms with van der Waals surface area (Å²) in [7, 11) is 3.26. The molecule has 22 heavy (non-hydrogen) atoms.